The fourth-order valence-corrected chi connectivity index (χ4v) is 2.19. The molecule has 112 valence electrons. The Balaban J connectivity index is 2.05. The molecule has 0 aliphatic carbocycles. The third-order valence-electron chi connectivity index (χ3n) is 3.33. The van der Waals surface area contributed by atoms with Gasteiger partial charge in [0.15, 0.2) is 0 Å². The molecular formula is C18H22FNO. The van der Waals surface area contributed by atoms with Crippen LogP contribution in [0.25, 0.3) is 0 Å². The summed E-state index contributed by atoms with van der Waals surface area (Å²) in [5.41, 5.74) is 3.24. The van der Waals surface area contributed by atoms with E-state index in [2.05, 4.69) is 18.3 Å². The normalized spacial score (nSPS) is 10.6. The summed E-state index contributed by atoms with van der Waals surface area (Å²) in [6, 6.07) is 12.6. The van der Waals surface area contributed by atoms with Crippen LogP contribution in [0.1, 0.15) is 30.0 Å². The van der Waals surface area contributed by atoms with E-state index in [1.807, 2.05) is 19.1 Å². The molecule has 0 saturated heterocycles. The number of hydrogen-bond donors (Lipinski definition) is 1. The van der Waals surface area contributed by atoms with Crippen molar-refractivity contribution in [1.29, 1.82) is 0 Å². The summed E-state index contributed by atoms with van der Waals surface area (Å²) in [6.45, 7) is 6.43. The van der Waals surface area contributed by atoms with Crippen LogP contribution in [0, 0.1) is 12.7 Å². The number of para-hydroxylation sites is 1. The second kappa shape index (κ2) is 7.79. The highest BCUT2D eigenvalue weighted by molar-refractivity contribution is 5.40. The second-order valence-electron chi connectivity index (χ2n) is 5.16. The van der Waals surface area contributed by atoms with Gasteiger partial charge in [-0.25, -0.2) is 4.39 Å². The standard InChI is InChI=1S/C18H22FNO/c1-3-11-20-12-16-6-4-5-14(2)18(16)21-13-15-7-9-17(19)10-8-15/h4-10,20H,3,11-13H2,1-2H3. The lowest BCUT2D eigenvalue weighted by Crippen LogP contribution is -2.15. The molecule has 2 nitrogen and oxygen atoms in total. The molecule has 0 saturated carbocycles. The molecule has 0 bridgehead atoms. The molecule has 3 heteroatoms. The fourth-order valence-electron chi connectivity index (χ4n) is 2.19. The Kier molecular flexibility index (Phi) is 5.76. The molecule has 21 heavy (non-hydrogen) atoms. The molecule has 1 N–H and O–H groups in total. The van der Waals surface area contributed by atoms with E-state index in [1.54, 1.807) is 12.1 Å². The first kappa shape index (κ1) is 15.5. The van der Waals surface area contributed by atoms with Crippen molar-refractivity contribution in [1.82, 2.24) is 5.32 Å². The topological polar surface area (TPSA) is 21.3 Å². The molecular weight excluding hydrogens is 265 g/mol. The molecule has 0 heterocycles. The number of aryl methyl sites for hydroxylation is 1. The quantitative estimate of drug-likeness (QED) is 0.770. The van der Waals surface area contributed by atoms with Gasteiger partial charge in [0.25, 0.3) is 0 Å². The van der Waals surface area contributed by atoms with Gasteiger partial charge < -0.3 is 10.1 Å². The predicted octanol–water partition coefficient (Wildman–Crippen LogP) is 4.21. The second-order valence-corrected chi connectivity index (χ2v) is 5.16. The maximum atomic E-state index is 12.9. The lowest BCUT2D eigenvalue weighted by atomic mass is 10.1. The van der Waals surface area contributed by atoms with E-state index in [9.17, 15) is 4.39 Å². The van der Waals surface area contributed by atoms with Crippen molar-refractivity contribution < 1.29 is 9.13 Å². The van der Waals surface area contributed by atoms with Crippen LogP contribution in [-0.4, -0.2) is 6.54 Å². The van der Waals surface area contributed by atoms with Crippen molar-refractivity contribution >= 4 is 0 Å². The number of hydrogen-bond acceptors (Lipinski definition) is 2. The minimum absolute atomic E-state index is 0.223. The Hall–Kier alpha value is -1.87. The monoisotopic (exact) mass is 287 g/mol. The van der Waals surface area contributed by atoms with Crippen LogP contribution in [0.5, 0.6) is 5.75 Å². The summed E-state index contributed by atoms with van der Waals surface area (Å²) in [5.74, 6) is 0.699. The van der Waals surface area contributed by atoms with Gasteiger partial charge in [-0.15, -0.1) is 0 Å². The van der Waals surface area contributed by atoms with Gasteiger partial charge in [-0.1, -0.05) is 37.3 Å². The third kappa shape index (κ3) is 4.57. The first-order valence-corrected chi connectivity index (χ1v) is 7.37. The van der Waals surface area contributed by atoms with E-state index < -0.39 is 0 Å². The lowest BCUT2D eigenvalue weighted by molar-refractivity contribution is 0.300. The number of benzene rings is 2. The molecule has 0 aromatic heterocycles. The zero-order valence-corrected chi connectivity index (χ0v) is 12.7. The largest absolute Gasteiger partial charge is 0.488 e. The molecule has 0 amide bonds. The first-order chi connectivity index (χ1) is 10.2. The van der Waals surface area contributed by atoms with E-state index in [0.717, 1.165) is 42.0 Å². The molecule has 2 rings (SSSR count). The van der Waals surface area contributed by atoms with Gasteiger partial charge >= 0.3 is 0 Å². The zero-order valence-electron chi connectivity index (χ0n) is 12.7. The van der Waals surface area contributed by atoms with E-state index in [0.29, 0.717) is 6.61 Å². The van der Waals surface area contributed by atoms with Crippen LogP contribution in [0.2, 0.25) is 0 Å². The summed E-state index contributed by atoms with van der Waals surface area (Å²) in [7, 11) is 0. The van der Waals surface area contributed by atoms with Crippen molar-refractivity contribution in [3.05, 3.63) is 65.0 Å². The van der Waals surface area contributed by atoms with Gasteiger partial charge in [0.05, 0.1) is 0 Å². The van der Waals surface area contributed by atoms with Crippen LogP contribution >= 0.6 is 0 Å². The Morgan fingerprint density at radius 1 is 1.10 bits per heavy atom. The van der Waals surface area contributed by atoms with Crippen LogP contribution in [-0.2, 0) is 13.2 Å². The van der Waals surface area contributed by atoms with E-state index in [1.165, 1.54) is 12.1 Å². The van der Waals surface area contributed by atoms with Crippen molar-refractivity contribution in [2.24, 2.45) is 0 Å². The van der Waals surface area contributed by atoms with Crippen LogP contribution in [0.4, 0.5) is 4.39 Å². The highest BCUT2D eigenvalue weighted by atomic mass is 19.1. The minimum Gasteiger partial charge on any atom is -0.488 e. The molecule has 0 fully saturated rings. The average Bonchev–Trinajstić information content (AvgIpc) is 2.48. The number of ether oxygens (including phenoxy) is 1. The lowest BCUT2D eigenvalue weighted by Gasteiger charge is -2.15. The van der Waals surface area contributed by atoms with Crippen LogP contribution in [0.3, 0.4) is 0 Å². The molecule has 2 aromatic rings. The Bertz CT molecular complexity index is 566. The molecule has 0 radical (unpaired) electrons. The van der Waals surface area contributed by atoms with Gasteiger partial charge in [-0.3, -0.25) is 0 Å². The predicted molar refractivity (Wildman–Crippen MR) is 83.9 cm³/mol. The van der Waals surface area contributed by atoms with Gasteiger partial charge in [0.1, 0.15) is 18.2 Å². The molecule has 0 aliphatic rings. The summed E-state index contributed by atoms with van der Waals surface area (Å²) >= 11 is 0. The van der Waals surface area contributed by atoms with Gasteiger partial charge in [0, 0.05) is 12.1 Å². The smallest absolute Gasteiger partial charge is 0.127 e. The van der Waals surface area contributed by atoms with E-state index in [4.69, 9.17) is 4.74 Å². The average molecular weight is 287 g/mol. The van der Waals surface area contributed by atoms with Crippen LogP contribution in [0.15, 0.2) is 42.5 Å². The van der Waals surface area contributed by atoms with E-state index >= 15 is 0 Å². The molecule has 0 unspecified atom stereocenters. The number of rotatable bonds is 7. The van der Waals surface area contributed by atoms with Gasteiger partial charge in [-0.2, -0.15) is 0 Å². The minimum atomic E-state index is -0.223. The summed E-state index contributed by atoms with van der Waals surface area (Å²) in [6.07, 6.45) is 1.11. The molecule has 0 spiro atoms. The summed E-state index contributed by atoms with van der Waals surface area (Å²) in [4.78, 5) is 0. The highest BCUT2D eigenvalue weighted by Gasteiger charge is 2.07. The molecule has 0 aliphatic heterocycles. The van der Waals surface area contributed by atoms with Crippen LogP contribution < -0.4 is 10.1 Å². The Labute approximate surface area is 126 Å². The van der Waals surface area contributed by atoms with Crippen molar-refractivity contribution in [2.45, 2.75) is 33.4 Å². The summed E-state index contributed by atoms with van der Waals surface area (Å²) < 4.78 is 18.9. The SMILES string of the molecule is CCCNCc1cccc(C)c1OCc1ccc(F)cc1. The number of nitrogens with one attached hydrogen (secondary N) is 1. The van der Waals surface area contributed by atoms with E-state index in [-0.39, 0.29) is 5.82 Å². The van der Waals surface area contributed by atoms with Gasteiger partial charge in [-0.05, 0) is 43.1 Å². The maximum absolute atomic E-state index is 12.9. The van der Waals surface area contributed by atoms with Crippen molar-refractivity contribution in [3.8, 4) is 5.75 Å². The molecule has 0 atom stereocenters. The molecule has 2 aromatic carbocycles. The Morgan fingerprint density at radius 2 is 1.86 bits per heavy atom. The zero-order chi connectivity index (χ0) is 15.1. The van der Waals surface area contributed by atoms with Crippen molar-refractivity contribution in [2.75, 3.05) is 6.54 Å². The van der Waals surface area contributed by atoms with Gasteiger partial charge in [0.2, 0.25) is 0 Å². The fraction of sp³-hybridized carbons (Fsp3) is 0.333. The first-order valence-electron chi connectivity index (χ1n) is 7.37. The third-order valence-corrected chi connectivity index (χ3v) is 3.33. The highest BCUT2D eigenvalue weighted by Crippen LogP contribution is 2.24. The maximum Gasteiger partial charge on any atom is 0.127 e. The van der Waals surface area contributed by atoms with Crippen molar-refractivity contribution in [3.63, 3.8) is 0 Å². The number of halogens is 1. The summed E-state index contributed by atoms with van der Waals surface area (Å²) in [5, 5.41) is 3.40. The Morgan fingerprint density at radius 3 is 2.57 bits per heavy atom.